The molecule has 154 valence electrons. The molecule has 30 heavy (non-hydrogen) atoms. The molecule has 1 aliphatic heterocycles. The standard InChI is InChI=1S/C23H22N2O5/c26-19(12-15-25-21(28)23(24-22(25)29)13-4-5-14-23)30-18-10-8-17(9-11-18)20(27)16-6-2-1-3-7-16/h1-3,6-11H,4-5,12-15H2,(H,24,29). The Labute approximate surface area is 174 Å². The summed E-state index contributed by atoms with van der Waals surface area (Å²) in [4.78, 5) is 50.4. The van der Waals surface area contributed by atoms with Crippen molar-refractivity contribution in [2.24, 2.45) is 0 Å². The number of esters is 1. The smallest absolute Gasteiger partial charge is 0.325 e. The van der Waals surface area contributed by atoms with Gasteiger partial charge in [0.15, 0.2) is 5.78 Å². The van der Waals surface area contributed by atoms with E-state index in [0.717, 1.165) is 17.7 Å². The summed E-state index contributed by atoms with van der Waals surface area (Å²) in [7, 11) is 0. The summed E-state index contributed by atoms with van der Waals surface area (Å²) in [5.74, 6) is -0.617. The van der Waals surface area contributed by atoms with Crippen LogP contribution in [0.15, 0.2) is 54.6 Å². The summed E-state index contributed by atoms with van der Waals surface area (Å²) in [5, 5.41) is 2.79. The van der Waals surface area contributed by atoms with Crippen LogP contribution in [0.3, 0.4) is 0 Å². The van der Waals surface area contributed by atoms with Crippen molar-refractivity contribution in [3.63, 3.8) is 0 Å². The third kappa shape index (κ3) is 3.83. The second-order valence-electron chi connectivity index (χ2n) is 7.62. The quantitative estimate of drug-likeness (QED) is 0.344. The van der Waals surface area contributed by atoms with E-state index < -0.39 is 17.5 Å². The highest BCUT2D eigenvalue weighted by Crippen LogP contribution is 2.35. The minimum absolute atomic E-state index is 0.0180. The lowest BCUT2D eigenvalue weighted by atomic mass is 9.98. The zero-order valence-corrected chi connectivity index (χ0v) is 16.4. The maximum absolute atomic E-state index is 12.6. The summed E-state index contributed by atoms with van der Waals surface area (Å²) >= 11 is 0. The number of carbonyl (C=O) groups is 4. The maximum atomic E-state index is 12.6. The van der Waals surface area contributed by atoms with E-state index in [1.807, 2.05) is 6.07 Å². The van der Waals surface area contributed by atoms with Crippen LogP contribution in [0.1, 0.15) is 48.0 Å². The van der Waals surface area contributed by atoms with Gasteiger partial charge in [0.05, 0.1) is 6.42 Å². The molecule has 1 heterocycles. The van der Waals surface area contributed by atoms with Gasteiger partial charge in [-0.3, -0.25) is 19.3 Å². The first-order valence-electron chi connectivity index (χ1n) is 10.0. The molecule has 1 saturated carbocycles. The summed E-state index contributed by atoms with van der Waals surface area (Å²) in [6.07, 6.45) is 3.01. The number of ether oxygens (including phenoxy) is 1. The molecule has 1 aliphatic carbocycles. The number of ketones is 1. The van der Waals surface area contributed by atoms with Gasteiger partial charge in [0.2, 0.25) is 0 Å². The van der Waals surface area contributed by atoms with Gasteiger partial charge in [-0.05, 0) is 37.1 Å². The zero-order chi connectivity index (χ0) is 21.1. The van der Waals surface area contributed by atoms with E-state index in [4.69, 9.17) is 4.74 Å². The van der Waals surface area contributed by atoms with Crippen LogP contribution in [0.25, 0.3) is 0 Å². The highest BCUT2D eigenvalue weighted by molar-refractivity contribution is 6.09. The fourth-order valence-corrected chi connectivity index (χ4v) is 4.01. The third-order valence-electron chi connectivity index (χ3n) is 5.63. The van der Waals surface area contributed by atoms with Crippen LogP contribution in [-0.4, -0.2) is 40.7 Å². The van der Waals surface area contributed by atoms with Crippen molar-refractivity contribution in [1.29, 1.82) is 0 Å². The molecular formula is C23H22N2O5. The molecule has 0 aromatic heterocycles. The molecule has 0 bridgehead atoms. The molecule has 0 atom stereocenters. The summed E-state index contributed by atoms with van der Waals surface area (Å²) < 4.78 is 5.28. The molecular weight excluding hydrogens is 384 g/mol. The van der Waals surface area contributed by atoms with Crippen molar-refractivity contribution >= 4 is 23.7 Å². The Balaban J connectivity index is 1.32. The van der Waals surface area contributed by atoms with Gasteiger partial charge < -0.3 is 10.1 Å². The number of benzene rings is 2. The van der Waals surface area contributed by atoms with Crippen LogP contribution < -0.4 is 10.1 Å². The summed E-state index contributed by atoms with van der Waals surface area (Å²) in [6.45, 7) is -0.0180. The minimum Gasteiger partial charge on any atom is -0.426 e. The molecule has 1 saturated heterocycles. The Bertz CT molecular complexity index is 978. The van der Waals surface area contributed by atoms with Gasteiger partial charge in [-0.1, -0.05) is 43.2 Å². The van der Waals surface area contributed by atoms with Crippen molar-refractivity contribution in [2.45, 2.75) is 37.6 Å². The van der Waals surface area contributed by atoms with Gasteiger partial charge in [-0.25, -0.2) is 4.79 Å². The third-order valence-corrected chi connectivity index (χ3v) is 5.63. The number of carbonyl (C=O) groups excluding carboxylic acids is 4. The number of nitrogens with zero attached hydrogens (tertiary/aromatic N) is 1. The number of hydrogen-bond donors (Lipinski definition) is 1. The largest absolute Gasteiger partial charge is 0.426 e. The van der Waals surface area contributed by atoms with Gasteiger partial charge in [0.1, 0.15) is 11.3 Å². The lowest BCUT2D eigenvalue weighted by Gasteiger charge is -2.19. The van der Waals surface area contributed by atoms with Gasteiger partial charge in [-0.2, -0.15) is 0 Å². The molecule has 1 spiro atoms. The van der Waals surface area contributed by atoms with Crippen molar-refractivity contribution < 1.29 is 23.9 Å². The van der Waals surface area contributed by atoms with Crippen LogP contribution in [0.5, 0.6) is 5.75 Å². The Hall–Kier alpha value is -3.48. The van der Waals surface area contributed by atoms with Crippen LogP contribution in [0, 0.1) is 0 Å². The molecule has 3 amide bonds. The fraction of sp³-hybridized carbons (Fsp3) is 0.304. The van der Waals surface area contributed by atoms with Crippen molar-refractivity contribution in [3.05, 3.63) is 65.7 Å². The van der Waals surface area contributed by atoms with Crippen LogP contribution >= 0.6 is 0 Å². The topological polar surface area (TPSA) is 92.8 Å². The van der Waals surface area contributed by atoms with E-state index >= 15 is 0 Å². The number of rotatable bonds is 6. The molecule has 2 fully saturated rings. The number of imide groups is 1. The van der Waals surface area contributed by atoms with E-state index in [1.165, 1.54) is 0 Å². The lowest BCUT2D eigenvalue weighted by molar-refractivity contribution is -0.135. The molecule has 0 unspecified atom stereocenters. The molecule has 4 rings (SSSR count). The van der Waals surface area contributed by atoms with E-state index in [-0.39, 0.29) is 24.7 Å². The highest BCUT2D eigenvalue weighted by Gasteiger charge is 2.52. The monoisotopic (exact) mass is 406 g/mol. The van der Waals surface area contributed by atoms with Gasteiger partial charge in [-0.15, -0.1) is 0 Å². The first kappa shape index (κ1) is 19.8. The first-order chi connectivity index (χ1) is 14.5. The van der Waals surface area contributed by atoms with Crippen molar-refractivity contribution in [1.82, 2.24) is 10.2 Å². The fourth-order valence-electron chi connectivity index (χ4n) is 4.01. The summed E-state index contributed by atoms with van der Waals surface area (Å²) in [5.41, 5.74) is 0.292. The molecule has 0 radical (unpaired) electrons. The predicted molar refractivity (Wildman–Crippen MR) is 108 cm³/mol. The van der Waals surface area contributed by atoms with E-state index in [1.54, 1.807) is 48.5 Å². The molecule has 1 N–H and O–H groups in total. The highest BCUT2D eigenvalue weighted by atomic mass is 16.5. The van der Waals surface area contributed by atoms with Crippen LogP contribution in [0.2, 0.25) is 0 Å². The summed E-state index contributed by atoms with van der Waals surface area (Å²) in [6, 6.07) is 14.8. The molecule has 2 aromatic carbocycles. The Morgan fingerprint density at radius 1 is 0.933 bits per heavy atom. The number of hydrogen-bond acceptors (Lipinski definition) is 5. The number of amides is 3. The SMILES string of the molecule is O=C(CCN1C(=O)NC2(CCCC2)C1=O)Oc1ccc(C(=O)c2ccccc2)cc1. The minimum atomic E-state index is -0.776. The Morgan fingerprint density at radius 3 is 2.23 bits per heavy atom. The maximum Gasteiger partial charge on any atom is 0.325 e. The van der Waals surface area contributed by atoms with Gasteiger partial charge in [0, 0.05) is 17.7 Å². The molecule has 7 heteroatoms. The molecule has 7 nitrogen and oxygen atoms in total. The van der Waals surface area contributed by atoms with Gasteiger partial charge in [0.25, 0.3) is 5.91 Å². The van der Waals surface area contributed by atoms with Crippen molar-refractivity contribution in [3.8, 4) is 5.75 Å². The first-order valence-corrected chi connectivity index (χ1v) is 10.0. The normalized spacial score (nSPS) is 17.3. The molecule has 2 aliphatic rings. The van der Waals surface area contributed by atoms with E-state index in [0.29, 0.717) is 29.7 Å². The predicted octanol–water partition coefficient (Wildman–Crippen LogP) is 3.08. The number of urea groups is 1. The average molecular weight is 406 g/mol. The Kier molecular flexibility index (Phi) is 5.35. The number of nitrogens with one attached hydrogen (secondary N) is 1. The van der Waals surface area contributed by atoms with Crippen LogP contribution in [-0.2, 0) is 9.59 Å². The average Bonchev–Trinajstić information content (AvgIpc) is 3.32. The van der Waals surface area contributed by atoms with Crippen LogP contribution in [0.4, 0.5) is 4.79 Å². The van der Waals surface area contributed by atoms with Gasteiger partial charge >= 0.3 is 12.0 Å². The lowest BCUT2D eigenvalue weighted by Crippen LogP contribution is -2.44. The Morgan fingerprint density at radius 2 is 1.57 bits per heavy atom. The van der Waals surface area contributed by atoms with E-state index in [9.17, 15) is 19.2 Å². The zero-order valence-electron chi connectivity index (χ0n) is 16.4. The second-order valence-corrected chi connectivity index (χ2v) is 7.62. The molecule has 2 aromatic rings. The van der Waals surface area contributed by atoms with E-state index in [2.05, 4.69) is 5.32 Å². The second kappa shape index (κ2) is 8.10. The van der Waals surface area contributed by atoms with Crippen molar-refractivity contribution in [2.75, 3.05) is 6.54 Å².